The van der Waals surface area contributed by atoms with Crippen LogP contribution in [0.3, 0.4) is 0 Å². The topological polar surface area (TPSA) is 29.5 Å². The van der Waals surface area contributed by atoms with Crippen LogP contribution < -0.4 is 0 Å². The van der Waals surface area contributed by atoms with E-state index in [1.54, 1.807) is 13.0 Å². The molecule has 1 heterocycles. The van der Waals surface area contributed by atoms with Crippen molar-refractivity contribution in [2.24, 2.45) is 0 Å². The Labute approximate surface area is 169 Å². The molecular weight excluding hydrogens is 470 g/mol. The molecule has 1 aliphatic heterocycles. The molecule has 1 saturated heterocycles. The van der Waals surface area contributed by atoms with Gasteiger partial charge in [0.1, 0.15) is 6.10 Å². The summed E-state index contributed by atoms with van der Waals surface area (Å²) in [5.41, 5.74) is 2.21. The Morgan fingerprint density at radius 3 is 2.48 bits per heavy atom. The van der Waals surface area contributed by atoms with E-state index in [-0.39, 0.29) is 12.6 Å². The van der Waals surface area contributed by atoms with E-state index in [0.29, 0.717) is 11.1 Å². The standard InChI is InChI=1S/C20H19F3INO2/c1-11-4-5-17(24)16(8-11)18-13(3)25(19(26)27-18)10-14-6-12(2)7-15(9-14)20(21,22)23/h4-9,13,18H,10H2,1-3H3/t13-,18?/m0/s1. The van der Waals surface area contributed by atoms with Crippen LogP contribution in [-0.4, -0.2) is 17.0 Å². The Balaban J connectivity index is 1.87. The van der Waals surface area contributed by atoms with Crippen LogP contribution in [0.25, 0.3) is 0 Å². The minimum atomic E-state index is -4.42. The molecular formula is C20H19F3INO2. The Hall–Kier alpha value is -1.77. The Morgan fingerprint density at radius 1 is 1.11 bits per heavy atom. The summed E-state index contributed by atoms with van der Waals surface area (Å²) >= 11 is 2.20. The van der Waals surface area contributed by atoms with Crippen LogP contribution in [0.15, 0.2) is 36.4 Å². The maximum absolute atomic E-state index is 13.1. The van der Waals surface area contributed by atoms with Crippen molar-refractivity contribution in [3.05, 3.63) is 67.8 Å². The van der Waals surface area contributed by atoms with E-state index < -0.39 is 23.9 Å². The van der Waals surface area contributed by atoms with Crippen molar-refractivity contribution < 1.29 is 22.7 Å². The molecule has 1 amide bonds. The molecule has 7 heteroatoms. The zero-order chi connectivity index (χ0) is 19.9. The minimum Gasteiger partial charge on any atom is -0.439 e. The third-order valence-electron chi connectivity index (χ3n) is 4.67. The lowest BCUT2D eigenvalue weighted by atomic mass is 10.0. The summed E-state index contributed by atoms with van der Waals surface area (Å²) in [6, 6.07) is 9.50. The zero-order valence-electron chi connectivity index (χ0n) is 15.1. The Kier molecular flexibility index (Phi) is 5.42. The number of alkyl halides is 3. The number of benzene rings is 2. The van der Waals surface area contributed by atoms with Gasteiger partial charge in [-0.1, -0.05) is 29.3 Å². The molecule has 0 N–H and O–H groups in total. The summed E-state index contributed by atoms with van der Waals surface area (Å²) in [5.74, 6) is 0. The summed E-state index contributed by atoms with van der Waals surface area (Å²) < 4.78 is 45.8. The van der Waals surface area contributed by atoms with Gasteiger partial charge in [0.05, 0.1) is 11.6 Å². The summed E-state index contributed by atoms with van der Waals surface area (Å²) in [6.07, 6.45) is -5.38. The second-order valence-corrected chi connectivity index (χ2v) is 8.07. The summed E-state index contributed by atoms with van der Waals surface area (Å²) in [4.78, 5) is 13.9. The van der Waals surface area contributed by atoms with Gasteiger partial charge >= 0.3 is 12.3 Å². The average Bonchev–Trinajstić information content (AvgIpc) is 2.84. The first-order valence-corrected chi connectivity index (χ1v) is 9.55. The van der Waals surface area contributed by atoms with Gasteiger partial charge in [0, 0.05) is 15.7 Å². The van der Waals surface area contributed by atoms with Crippen molar-refractivity contribution in [2.45, 2.75) is 45.6 Å². The Morgan fingerprint density at radius 2 is 1.81 bits per heavy atom. The molecule has 0 radical (unpaired) electrons. The predicted octanol–water partition coefficient (Wildman–Crippen LogP) is 6.01. The summed E-state index contributed by atoms with van der Waals surface area (Å²) in [5, 5.41) is 0. The van der Waals surface area contributed by atoms with Gasteiger partial charge in [-0.15, -0.1) is 0 Å². The smallest absolute Gasteiger partial charge is 0.416 e. The lowest BCUT2D eigenvalue weighted by Gasteiger charge is -2.22. The quantitative estimate of drug-likeness (QED) is 0.495. The Bertz CT molecular complexity index is 882. The van der Waals surface area contributed by atoms with Crippen molar-refractivity contribution in [2.75, 3.05) is 0 Å². The molecule has 2 aromatic carbocycles. The van der Waals surface area contributed by atoms with Gasteiger partial charge in [0.25, 0.3) is 0 Å². The van der Waals surface area contributed by atoms with E-state index in [4.69, 9.17) is 4.74 Å². The van der Waals surface area contributed by atoms with E-state index in [9.17, 15) is 18.0 Å². The first-order chi connectivity index (χ1) is 12.6. The molecule has 27 heavy (non-hydrogen) atoms. The van der Waals surface area contributed by atoms with Gasteiger partial charge in [-0.3, -0.25) is 4.90 Å². The molecule has 1 unspecified atom stereocenters. The van der Waals surface area contributed by atoms with Crippen LogP contribution >= 0.6 is 22.6 Å². The second-order valence-electron chi connectivity index (χ2n) is 6.90. The molecule has 1 aliphatic rings. The number of cyclic esters (lactones) is 1. The number of hydrogen-bond acceptors (Lipinski definition) is 2. The van der Waals surface area contributed by atoms with Gasteiger partial charge in [-0.2, -0.15) is 13.2 Å². The highest BCUT2D eigenvalue weighted by Crippen LogP contribution is 2.37. The highest BCUT2D eigenvalue weighted by atomic mass is 127. The third-order valence-corrected chi connectivity index (χ3v) is 5.65. The second kappa shape index (κ2) is 7.33. The normalized spacial score (nSPS) is 20.1. The van der Waals surface area contributed by atoms with E-state index >= 15 is 0 Å². The monoisotopic (exact) mass is 489 g/mol. The molecule has 144 valence electrons. The van der Waals surface area contributed by atoms with Crippen LogP contribution in [0.1, 0.15) is 40.8 Å². The van der Waals surface area contributed by atoms with E-state index in [2.05, 4.69) is 22.6 Å². The molecule has 0 spiro atoms. The summed E-state index contributed by atoms with van der Waals surface area (Å²) in [6.45, 7) is 5.50. The van der Waals surface area contributed by atoms with Gasteiger partial charge in [-0.25, -0.2) is 4.79 Å². The summed E-state index contributed by atoms with van der Waals surface area (Å²) in [7, 11) is 0. The van der Waals surface area contributed by atoms with Gasteiger partial charge in [-0.05, 0) is 67.1 Å². The zero-order valence-corrected chi connectivity index (χ0v) is 17.3. The highest BCUT2D eigenvalue weighted by molar-refractivity contribution is 14.1. The third kappa shape index (κ3) is 4.23. The largest absolute Gasteiger partial charge is 0.439 e. The van der Waals surface area contributed by atoms with Crippen LogP contribution in [0.2, 0.25) is 0 Å². The molecule has 0 aliphatic carbocycles. The van der Waals surface area contributed by atoms with Gasteiger partial charge in [0.2, 0.25) is 0 Å². The lowest BCUT2D eigenvalue weighted by molar-refractivity contribution is -0.137. The SMILES string of the molecule is Cc1cc(CN2C(=O)OC(c3cc(C)ccc3I)[C@@H]2C)cc(C(F)(F)F)c1. The number of rotatable bonds is 3. The number of aryl methyl sites for hydroxylation is 2. The molecule has 2 aromatic rings. The first-order valence-electron chi connectivity index (χ1n) is 8.47. The molecule has 3 rings (SSSR count). The number of amides is 1. The van der Waals surface area contributed by atoms with Gasteiger partial charge < -0.3 is 4.74 Å². The van der Waals surface area contributed by atoms with E-state index in [0.717, 1.165) is 26.8 Å². The molecule has 2 atom stereocenters. The molecule has 0 bridgehead atoms. The van der Waals surface area contributed by atoms with Crippen molar-refractivity contribution >= 4 is 28.7 Å². The first kappa shape index (κ1) is 20.0. The van der Waals surface area contributed by atoms with Crippen molar-refractivity contribution in [1.29, 1.82) is 0 Å². The van der Waals surface area contributed by atoms with Crippen LogP contribution in [-0.2, 0) is 17.5 Å². The number of nitrogens with zero attached hydrogens (tertiary/aromatic N) is 1. The van der Waals surface area contributed by atoms with Crippen LogP contribution in [0, 0.1) is 17.4 Å². The predicted molar refractivity (Wildman–Crippen MR) is 104 cm³/mol. The van der Waals surface area contributed by atoms with E-state index in [1.807, 2.05) is 32.0 Å². The average molecular weight is 489 g/mol. The number of hydrogen-bond donors (Lipinski definition) is 0. The number of carbonyl (C=O) groups is 1. The van der Waals surface area contributed by atoms with Crippen molar-refractivity contribution in [3.8, 4) is 0 Å². The van der Waals surface area contributed by atoms with Crippen LogP contribution in [0.5, 0.6) is 0 Å². The van der Waals surface area contributed by atoms with Crippen molar-refractivity contribution in [3.63, 3.8) is 0 Å². The minimum absolute atomic E-state index is 0.0731. The maximum atomic E-state index is 13.1. The number of halogens is 4. The molecule has 3 nitrogen and oxygen atoms in total. The fourth-order valence-corrected chi connectivity index (χ4v) is 3.97. The van der Waals surface area contributed by atoms with Gasteiger partial charge in [0.15, 0.2) is 0 Å². The lowest BCUT2D eigenvalue weighted by Crippen LogP contribution is -2.31. The maximum Gasteiger partial charge on any atom is 0.416 e. The van der Waals surface area contributed by atoms with E-state index in [1.165, 1.54) is 4.90 Å². The number of carbonyl (C=O) groups excluding carboxylic acids is 1. The number of ether oxygens (including phenoxy) is 1. The molecule has 0 aromatic heterocycles. The fourth-order valence-electron chi connectivity index (χ4n) is 3.33. The van der Waals surface area contributed by atoms with Crippen molar-refractivity contribution in [1.82, 2.24) is 4.90 Å². The molecule has 0 saturated carbocycles. The fraction of sp³-hybridized carbons (Fsp3) is 0.350. The highest BCUT2D eigenvalue weighted by Gasteiger charge is 2.40. The van der Waals surface area contributed by atoms with Crippen LogP contribution in [0.4, 0.5) is 18.0 Å². The molecule has 1 fully saturated rings.